The van der Waals surface area contributed by atoms with Gasteiger partial charge >= 0.3 is 0 Å². The highest BCUT2D eigenvalue weighted by atomic mass is 35.5. The fraction of sp³-hybridized carbons (Fsp3) is 0.538. The third-order valence-corrected chi connectivity index (χ3v) is 5.46. The zero-order valence-corrected chi connectivity index (χ0v) is 12.3. The Bertz CT molecular complexity index is 496. The molecule has 1 atom stereocenters. The average Bonchev–Trinajstić information content (AvgIpc) is 2.42. The number of piperidine rings is 1. The van der Waals surface area contributed by atoms with Crippen LogP contribution in [0.1, 0.15) is 18.4 Å². The summed E-state index contributed by atoms with van der Waals surface area (Å²) in [5.74, 6) is 0. The first-order valence-corrected chi connectivity index (χ1v) is 8.44. The number of sulfonamides is 1. The van der Waals surface area contributed by atoms with E-state index < -0.39 is 10.0 Å². The van der Waals surface area contributed by atoms with Crippen molar-refractivity contribution in [2.75, 3.05) is 19.6 Å². The predicted molar refractivity (Wildman–Crippen MR) is 78.0 cm³/mol. The summed E-state index contributed by atoms with van der Waals surface area (Å²) in [5, 5.41) is 3.51. The monoisotopic (exact) mass is 302 g/mol. The van der Waals surface area contributed by atoms with Crippen LogP contribution < -0.4 is 10.0 Å². The van der Waals surface area contributed by atoms with Gasteiger partial charge in [0, 0.05) is 18.1 Å². The molecule has 6 heteroatoms. The van der Waals surface area contributed by atoms with Crippen molar-refractivity contribution in [3.8, 4) is 0 Å². The van der Waals surface area contributed by atoms with Crippen molar-refractivity contribution in [3.63, 3.8) is 0 Å². The van der Waals surface area contributed by atoms with Crippen molar-refractivity contribution < 1.29 is 8.42 Å². The first-order valence-electron chi connectivity index (χ1n) is 6.51. The smallest absolute Gasteiger partial charge is 0.215 e. The van der Waals surface area contributed by atoms with Gasteiger partial charge < -0.3 is 5.32 Å². The Morgan fingerprint density at radius 3 is 2.68 bits per heavy atom. The predicted octanol–water partition coefficient (Wildman–Crippen LogP) is 1.55. The van der Waals surface area contributed by atoms with E-state index in [1.807, 2.05) is 24.3 Å². The molecular weight excluding hydrogens is 284 g/mol. The Balaban J connectivity index is 1.82. The number of halogens is 1. The number of rotatable bonds is 5. The molecule has 0 radical (unpaired) electrons. The van der Waals surface area contributed by atoms with Gasteiger partial charge in [0.15, 0.2) is 0 Å². The van der Waals surface area contributed by atoms with E-state index in [9.17, 15) is 8.42 Å². The molecule has 0 aromatic heterocycles. The molecule has 19 heavy (non-hydrogen) atoms. The lowest BCUT2D eigenvalue weighted by Crippen LogP contribution is -2.44. The highest BCUT2D eigenvalue weighted by Gasteiger charge is 2.26. The lowest BCUT2D eigenvalue weighted by molar-refractivity contribution is 0.490. The molecule has 1 aliphatic rings. The van der Waals surface area contributed by atoms with Crippen molar-refractivity contribution in [2.45, 2.75) is 24.5 Å². The minimum Gasteiger partial charge on any atom is -0.315 e. The average molecular weight is 303 g/mol. The number of hydrogen-bond donors (Lipinski definition) is 2. The molecule has 1 aromatic carbocycles. The fourth-order valence-corrected chi connectivity index (χ4v) is 3.75. The molecule has 0 bridgehead atoms. The molecular formula is C13H19ClN2O2S. The molecule has 2 rings (SSSR count). The first kappa shape index (κ1) is 14.8. The Morgan fingerprint density at radius 2 is 2.05 bits per heavy atom. The molecule has 1 saturated heterocycles. The Morgan fingerprint density at radius 1 is 1.32 bits per heavy atom. The SMILES string of the molecule is O=S(=O)(NCCc1ccc(Cl)cc1)C1CCCNC1. The van der Waals surface area contributed by atoms with Gasteiger partial charge in [-0.1, -0.05) is 23.7 Å². The highest BCUT2D eigenvalue weighted by Crippen LogP contribution is 2.12. The summed E-state index contributed by atoms with van der Waals surface area (Å²) in [6.07, 6.45) is 2.34. The standard InChI is InChI=1S/C13H19ClN2O2S/c14-12-5-3-11(4-6-12)7-9-16-19(17,18)13-2-1-8-15-10-13/h3-6,13,15-16H,1-2,7-10H2. The van der Waals surface area contributed by atoms with Gasteiger partial charge in [0.2, 0.25) is 10.0 Å². The van der Waals surface area contributed by atoms with Gasteiger partial charge in [-0.3, -0.25) is 0 Å². The molecule has 0 amide bonds. The van der Waals surface area contributed by atoms with E-state index in [0.717, 1.165) is 24.9 Å². The lowest BCUT2D eigenvalue weighted by atomic mass is 10.2. The molecule has 4 nitrogen and oxygen atoms in total. The maximum Gasteiger partial charge on any atom is 0.215 e. The maximum absolute atomic E-state index is 12.1. The number of nitrogens with one attached hydrogen (secondary N) is 2. The summed E-state index contributed by atoms with van der Waals surface area (Å²) in [4.78, 5) is 0. The Hall–Kier alpha value is -0.620. The first-order chi connectivity index (χ1) is 9.08. The normalized spacial score (nSPS) is 20.4. The molecule has 0 saturated carbocycles. The molecule has 1 aliphatic heterocycles. The summed E-state index contributed by atoms with van der Waals surface area (Å²) >= 11 is 5.80. The summed E-state index contributed by atoms with van der Waals surface area (Å²) in [6.45, 7) is 1.90. The van der Waals surface area contributed by atoms with Crippen LogP contribution in [0.15, 0.2) is 24.3 Å². The number of hydrogen-bond acceptors (Lipinski definition) is 3. The van der Waals surface area contributed by atoms with Gasteiger partial charge in [0.1, 0.15) is 0 Å². The van der Waals surface area contributed by atoms with E-state index >= 15 is 0 Å². The second-order valence-corrected chi connectivity index (χ2v) is 7.27. The van der Waals surface area contributed by atoms with Crippen molar-refractivity contribution in [2.24, 2.45) is 0 Å². The third-order valence-electron chi connectivity index (χ3n) is 3.32. The maximum atomic E-state index is 12.1. The quantitative estimate of drug-likeness (QED) is 0.868. The van der Waals surface area contributed by atoms with Crippen LogP contribution >= 0.6 is 11.6 Å². The molecule has 106 valence electrons. The summed E-state index contributed by atoms with van der Waals surface area (Å²) < 4.78 is 26.8. The van der Waals surface area contributed by atoms with Gasteiger partial charge in [0.05, 0.1) is 5.25 Å². The topological polar surface area (TPSA) is 58.2 Å². The van der Waals surface area contributed by atoms with Gasteiger partial charge in [-0.15, -0.1) is 0 Å². The fourth-order valence-electron chi connectivity index (χ4n) is 2.19. The number of benzene rings is 1. The van der Waals surface area contributed by atoms with Crippen LogP contribution in [0.4, 0.5) is 0 Å². The van der Waals surface area contributed by atoms with Crippen molar-refractivity contribution in [1.82, 2.24) is 10.0 Å². The van der Waals surface area contributed by atoms with Gasteiger partial charge in [0.25, 0.3) is 0 Å². The third kappa shape index (κ3) is 4.45. The van der Waals surface area contributed by atoms with E-state index in [1.165, 1.54) is 0 Å². The molecule has 0 spiro atoms. The highest BCUT2D eigenvalue weighted by molar-refractivity contribution is 7.90. The van der Waals surface area contributed by atoms with Gasteiger partial charge in [-0.2, -0.15) is 0 Å². The zero-order valence-electron chi connectivity index (χ0n) is 10.7. The van der Waals surface area contributed by atoms with Gasteiger partial charge in [-0.05, 0) is 43.5 Å². The lowest BCUT2D eigenvalue weighted by Gasteiger charge is -2.23. The van der Waals surface area contributed by atoms with E-state index in [0.29, 0.717) is 24.5 Å². The summed E-state index contributed by atoms with van der Waals surface area (Å²) in [5.41, 5.74) is 1.08. The van der Waals surface area contributed by atoms with Crippen molar-refractivity contribution in [1.29, 1.82) is 0 Å². The van der Waals surface area contributed by atoms with Gasteiger partial charge in [-0.25, -0.2) is 13.1 Å². The summed E-state index contributed by atoms with van der Waals surface area (Å²) in [6, 6.07) is 7.46. The van der Waals surface area contributed by atoms with Crippen LogP contribution in [-0.2, 0) is 16.4 Å². The van der Waals surface area contributed by atoms with Crippen molar-refractivity contribution in [3.05, 3.63) is 34.9 Å². The minimum absolute atomic E-state index is 0.300. The second kappa shape index (κ2) is 6.70. The summed E-state index contributed by atoms with van der Waals surface area (Å²) in [7, 11) is -3.20. The van der Waals surface area contributed by atoms with Crippen LogP contribution in [0.5, 0.6) is 0 Å². The zero-order chi connectivity index (χ0) is 13.7. The van der Waals surface area contributed by atoms with Crippen LogP contribution in [0.3, 0.4) is 0 Å². The largest absolute Gasteiger partial charge is 0.315 e. The van der Waals surface area contributed by atoms with Crippen LogP contribution in [0, 0.1) is 0 Å². The molecule has 2 N–H and O–H groups in total. The van der Waals surface area contributed by atoms with E-state index in [4.69, 9.17) is 11.6 Å². The second-order valence-electron chi connectivity index (χ2n) is 4.78. The molecule has 1 unspecified atom stereocenters. The van der Waals surface area contributed by atoms with Crippen LogP contribution in [0.25, 0.3) is 0 Å². The van der Waals surface area contributed by atoms with Crippen LogP contribution in [-0.4, -0.2) is 33.3 Å². The van der Waals surface area contributed by atoms with E-state index in [-0.39, 0.29) is 5.25 Å². The molecule has 1 fully saturated rings. The minimum atomic E-state index is -3.20. The molecule has 1 heterocycles. The van der Waals surface area contributed by atoms with E-state index in [2.05, 4.69) is 10.0 Å². The van der Waals surface area contributed by atoms with E-state index in [1.54, 1.807) is 0 Å². The molecule has 0 aliphatic carbocycles. The Kier molecular flexibility index (Phi) is 5.21. The molecule has 1 aromatic rings. The Labute approximate surface area is 119 Å². The van der Waals surface area contributed by atoms with Crippen LogP contribution in [0.2, 0.25) is 5.02 Å². The van der Waals surface area contributed by atoms with Crippen molar-refractivity contribution >= 4 is 21.6 Å².